The number of hydrogen-bond acceptors (Lipinski definition) is 1. The average Bonchev–Trinajstić information content (AvgIpc) is 2.32. The third-order valence-electron chi connectivity index (χ3n) is 4.87. The minimum Gasteiger partial charge on any atom is -0.385 e. The zero-order valence-corrected chi connectivity index (χ0v) is 13.3. The Labute approximate surface area is 118 Å². The van der Waals surface area contributed by atoms with E-state index in [1.807, 2.05) is 0 Å². The normalized spacial score (nSPS) is 28.7. The summed E-state index contributed by atoms with van der Waals surface area (Å²) in [4.78, 5) is 0. The number of allylic oxidation sites excluding steroid dienone is 1. The van der Waals surface area contributed by atoms with Gasteiger partial charge in [-0.2, -0.15) is 0 Å². The van der Waals surface area contributed by atoms with Gasteiger partial charge in [-0.05, 0) is 42.6 Å². The van der Waals surface area contributed by atoms with Crippen LogP contribution < -0.4 is 0 Å². The van der Waals surface area contributed by atoms with Crippen LogP contribution in [0.4, 0.5) is 0 Å². The van der Waals surface area contributed by atoms with Crippen molar-refractivity contribution in [3.05, 3.63) is 11.6 Å². The second-order valence-corrected chi connectivity index (χ2v) is 7.01. The molecule has 0 fully saturated rings. The van der Waals surface area contributed by atoms with Gasteiger partial charge in [-0.3, -0.25) is 0 Å². The molecule has 1 aliphatic carbocycles. The Kier molecular flexibility index (Phi) is 5.32. The van der Waals surface area contributed by atoms with Gasteiger partial charge >= 0.3 is 0 Å². The van der Waals surface area contributed by atoms with Crippen molar-refractivity contribution < 1.29 is 5.11 Å². The van der Waals surface area contributed by atoms with E-state index in [1.165, 1.54) is 5.57 Å². The van der Waals surface area contributed by atoms with Crippen molar-refractivity contribution in [1.82, 2.24) is 0 Å². The van der Waals surface area contributed by atoms with Crippen LogP contribution in [0.15, 0.2) is 11.6 Å². The van der Waals surface area contributed by atoms with Crippen molar-refractivity contribution in [3.8, 4) is 0 Å². The average molecular weight is 273 g/mol. The van der Waals surface area contributed by atoms with E-state index in [0.29, 0.717) is 5.92 Å². The lowest BCUT2D eigenvalue weighted by Crippen LogP contribution is -2.47. The topological polar surface area (TPSA) is 20.2 Å². The summed E-state index contributed by atoms with van der Waals surface area (Å²) in [5.41, 5.74) is 0.482. The van der Waals surface area contributed by atoms with E-state index in [9.17, 15) is 5.11 Å². The first kappa shape index (κ1) is 16.0. The SMILES string of the molecule is CCCC(O)(C1=CC(C)C(Cl)CC1)C(C)(C)CC. The summed E-state index contributed by atoms with van der Waals surface area (Å²) >= 11 is 6.28. The molecule has 2 heteroatoms. The van der Waals surface area contributed by atoms with E-state index in [4.69, 9.17) is 11.6 Å². The molecule has 0 saturated heterocycles. The lowest BCUT2D eigenvalue weighted by atomic mass is 9.64. The van der Waals surface area contributed by atoms with E-state index in [1.54, 1.807) is 0 Å². The Morgan fingerprint density at radius 2 is 2.00 bits per heavy atom. The predicted octanol–water partition coefficient (Wildman–Crippen LogP) is 4.92. The Morgan fingerprint density at radius 3 is 2.44 bits per heavy atom. The molecule has 0 radical (unpaired) electrons. The smallest absolute Gasteiger partial charge is 0.0907 e. The van der Waals surface area contributed by atoms with Crippen molar-refractivity contribution >= 4 is 11.6 Å². The van der Waals surface area contributed by atoms with Crippen LogP contribution in [0.1, 0.15) is 66.7 Å². The Hall–Kier alpha value is -0.0100. The quantitative estimate of drug-likeness (QED) is 0.556. The summed E-state index contributed by atoms with van der Waals surface area (Å²) in [6, 6.07) is 0. The Bertz CT molecular complexity index is 308. The van der Waals surface area contributed by atoms with E-state index in [2.05, 4.69) is 40.7 Å². The molecule has 3 atom stereocenters. The van der Waals surface area contributed by atoms with Gasteiger partial charge in [0.2, 0.25) is 0 Å². The first-order valence-corrected chi connectivity index (χ1v) is 7.79. The fraction of sp³-hybridized carbons (Fsp3) is 0.875. The molecule has 0 aliphatic heterocycles. The van der Waals surface area contributed by atoms with Gasteiger partial charge in [0.25, 0.3) is 0 Å². The first-order valence-electron chi connectivity index (χ1n) is 7.36. The van der Waals surface area contributed by atoms with Crippen LogP contribution in [0.5, 0.6) is 0 Å². The predicted molar refractivity (Wildman–Crippen MR) is 80.1 cm³/mol. The van der Waals surface area contributed by atoms with Crippen LogP contribution in [0.25, 0.3) is 0 Å². The molecule has 1 aliphatic rings. The highest BCUT2D eigenvalue weighted by Gasteiger charge is 2.45. The van der Waals surface area contributed by atoms with E-state index in [0.717, 1.165) is 32.1 Å². The minimum atomic E-state index is -0.665. The number of alkyl halides is 1. The zero-order valence-electron chi connectivity index (χ0n) is 12.6. The number of rotatable bonds is 5. The van der Waals surface area contributed by atoms with Crippen LogP contribution in [0, 0.1) is 11.3 Å². The van der Waals surface area contributed by atoms with Gasteiger partial charge < -0.3 is 5.11 Å². The molecule has 106 valence electrons. The van der Waals surface area contributed by atoms with Crippen molar-refractivity contribution in [2.45, 2.75) is 77.7 Å². The van der Waals surface area contributed by atoms with Crippen LogP contribution in [-0.4, -0.2) is 16.1 Å². The summed E-state index contributed by atoms with van der Waals surface area (Å²) in [5.74, 6) is 0.367. The molecule has 0 aromatic rings. The Morgan fingerprint density at radius 1 is 1.39 bits per heavy atom. The summed E-state index contributed by atoms with van der Waals surface area (Å²) in [6.07, 6.45) is 7.00. The molecule has 0 bridgehead atoms. The monoisotopic (exact) mass is 272 g/mol. The largest absolute Gasteiger partial charge is 0.385 e. The second kappa shape index (κ2) is 5.96. The fourth-order valence-electron chi connectivity index (χ4n) is 2.99. The lowest BCUT2D eigenvalue weighted by Gasteiger charge is -2.46. The van der Waals surface area contributed by atoms with Crippen molar-refractivity contribution in [2.24, 2.45) is 11.3 Å². The number of halogens is 1. The standard InChI is InChI=1S/C16H29ClO/c1-6-10-16(18,15(4,5)7-2)13-8-9-14(17)12(3)11-13/h11-12,14,18H,6-10H2,1-5H3. The van der Waals surface area contributed by atoms with Crippen LogP contribution in [0.3, 0.4) is 0 Å². The van der Waals surface area contributed by atoms with E-state index < -0.39 is 5.60 Å². The molecule has 3 unspecified atom stereocenters. The third kappa shape index (κ3) is 2.93. The van der Waals surface area contributed by atoms with Crippen LogP contribution in [-0.2, 0) is 0 Å². The summed E-state index contributed by atoms with van der Waals surface area (Å²) in [6.45, 7) is 10.8. The molecule has 1 nitrogen and oxygen atoms in total. The molecular formula is C16H29ClO. The van der Waals surface area contributed by atoms with Crippen LogP contribution >= 0.6 is 11.6 Å². The van der Waals surface area contributed by atoms with Gasteiger partial charge in [0.05, 0.1) is 5.60 Å². The highest BCUT2D eigenvalue weighted by atomic mass is 35.5. The van der Waals surface area contributed by atoms with Gasteiger partial charge in [0.15, 0.2) is 0 Å². The number of hydrogen-bond donors (Lipinski definition) is 1. The summed E-state index contributed by atoms with van der Waals surface area (Å²) in [5, 5.41) is 11.5. The zero-order chi connectivity index (χ0) is 14.0. The van der Waals surface area contributed by atoms with Crippen LogP contribution in [0.2, 0.25) is 0 Å². The highest BCUT2D eigenvalue weighted by Crippen LogP contribution is 2.46. The molecule has 1 N–H and O–H groups in total. The highest BCUT2D eigenvalue weighted by molar-refractivity contribution is 6.21. The van der Waals surface area contributed by atoms with Gasteiger partial charge in [0, 0.05) is 5.38 Å². The van der Waals surface area contributed by atoms with Crippen molar-refractivity contribution in [1.29, 1.82) is 0 Å². The molecule has 0 spiro atoms. The van der Waals surface area contributed by atoms with E-state index >= 15 is 0 Å². The van der Waals surface area contributed by atoms with Gasteiger partial charge in [-0.25, -0.2) is 0 Å². The third-order valence-corrected chi connectivity index (χ3v) is 5.49. The van der Waals surface area contributed by atoms with Gasteiger partial charge in [-0.1, -0.05) is 47.1 Å². The van der Waals surface area contributed by atoms with Gasteiger partial charge in [-0.15, -0.1) is 11.6 Å². The summed E-state index contributed by atoms with van der Waals surface area (Å²) in [7, 11) is 0. The molecule has 18 heavy (non-hydrogen) atoms. The summed E-state index contributed by atoms with van der Waals surface area (Å²) < 4.78 is 0. The fourth-order valence-corrected chi connectivity index (χ4v) is 3.18. The molecular weight excluding hydrogens is 244 g/mol. The molecule has 0 aromatic carbocycles. The van der Waals surface area contributed by atoms with Crippen molar-refractivity contribution in [3.63, 3.8) is 0 Å². The first-order chi connectivity index (χ1) is 8.28. The lowest BCUT2D eigenvalue weighted by molar-refractivity contribution is -0.0480. The minimum absolute atomic E-state index is 0.0757. The number of aliphatic hydroxyl groups is 1. The maximum Gasteiger partial charge on any atom is 0.0907 e. The van der Waals surface area contributed by atoms with Gasteiger partial charge in [0.1, 0.15) is 0 Å². The molecule has 0 heterocycles. The molecule has 1 rings (SSSR count). The molecule has 0 saturated carbocycles. The molecule has 0 amide bonds. The maximum absolute atomic E-state index is 11.3. The Balaban J connectivity index is 3.09. The van der Waals surface area contributed by atoms with Crippen molar-refractivity contribution in [2.75, 3.05) is 0 Å². The molecule has 0 aromatic heterocycles. The van der Waals surface area contributed by atoms with E-state index in [-0.39, 0.29) is 10.8 Å². The second-order valence-electron chi connectivity index (χ2n) is 6.45. The maximum atomic E-state index is 11.3.